The Labute approximate surface area is 154 Å². The van der Waals surface area contributed by atoms with Crippen LogP contribution in [0.4, 0.5) is 0 Å². The fourth-order valence-corrected chi connectivity index (χ4v) is 3.44. The van der Waals surface area contributed by atoms with E-state index in [4.69, 9.17) is 5.26 Å². The zero-order valence-corrected chi connectivity index (χ0v) is 15.5. The van der Waals surface area contributed by atoms with Crippen LogP contribution in [0.3, 0.4) is 0 Å². The molecule has 2 aromatic rings. The van der Waals surface area contributed by atoms with Crippen LogP contribution in [0.25, 0.3) is 0 Å². The van der Waals surface area contributed by atoms with Gasteiger partial charge < -0.3 is 4.90 Å². The van der Waals surface area contributed by atoms with Crippen molar-refractivity contribution in [2.45, 2.75) is 26.8 Å². The summed E-state index contributed by atoms with van der Waals surface area (Å²) < 4.78 is 2.05. The first-order chi connectivity index (χ1) is 12.6. The summed E-state index contributed by atoms with van der Waals surface area (Å²) in [5.41, 5.74) is 3.36. The van der Waals surface area contributed by atoms with Crippen LogP contribution >= 0.6 is 0 Å². The third-order valence-electron chi connectivity index (χ3n) is 4.85. The quantitative estimate of drug-likeness (QED) is 0.847. The SMILES string of the molecule is Cc1cc(C)n(CCN2CCCN(C(=O)c3cccc(C#N)c3)CC2)n1. The topological polar surface area (TPSA) is 65.2 Å². The van der Waals surface area contributed by atoms with Crippen molar-refractivity contribution in [3.63, 3.8) is 0 Å². The maximum absolute atomic E-state index is 12.7. The van der Waals surface area contributed by atoms with Crippen molar-refractivity contribution in [2.24, 2.45) is 0 Å². The van der Waals surface area contributed by atoms with E-state index in [1.807, 2.05) is 11.8 Å². The Balaban J connectivity index is 1.56. The minimum absolute atomic E-state index is 0.0162. The van der Waals surface area contributed by atoms with E-state index in [1.165, 1.54) is 5.69 Å². The van der Waals surface area contributed by atoms with Gasteiger partial charge in [-0.15, -0.1) is 0 Å². The highest BCUT2D eigenvalue weighted by Crippen LogP contribution is 2.11. The molecule has 26 heavy (non-hydrogen) atoms. The Morgan fingerprint density at radius 1 is 1.15 bits per heavy atom. The molecule has 6 nitrogen and oxygen atoms in total. The molecular weight excluding hydrogens is 326 g/mol. The second kappa shape index (κ2) is 8.15. The van der Waals surface area contributed by atoms with Gasteiger partial charge in [-0.05, 0) is 51.1 Å². The number of benzene rings is 1. The van der Waals surface area contributed by atoms with Gasteiger partial charge in [-0.25, -0.2) is 0 Å². The lowest BCUT2D eigenvalue weighted by atomic mass is 10.1. The second-order valence-electron chi connectivity index (χ2n) is 6.83. The van der Waals surface area contributed by atoms with E-state index in [0.717, 1.165) is 44.8 Å². The maximum atomic E-state index is 12.7. The first-order valence-corrected chi connectivity index (χ1v) is 9.09. The van der Waals surface area contributed by atoms with Gasteiger partial charge in [-0.3, -0.25) is 14.4 Å². The maximum Gasteiger partial charge on any atom is 0.253 e. The second-order valence-corrected chi connectivity index (χ2v) is 6.83. The van der Waals surface area contributed by atoms with Crippen molar-refractivity contribution in [2.75, 3.05) is 32.7 Å². The monoisotopic (exact) mass is 351 g/mol. The zero-order valence-electron chi connectivity index (χ0n) is 15.5. The van der Waals surface area contributed by atoms with Gasteiger partial charge in [0.2, 0.25) is 0 Å². The van der Waals surface area contributed by atoms with E-state index in [1.54, 1.807) is 24.3 Å². The highest BCUT2D eigenvalue weighted by molar-refractivity contribution is 5.94. The van der Waals surface area contributed by atoms with E-state index in [9.17, 15) is 4.79 Å². The van der Waals surface area contributed by atoms with Crippen LogP contribution in [0.15, 0.2) is 30.3 Å². The molecule has 1 aliphatic rings. The molecule has 6 heteroatoms. The Morgan fingerprint density at radius 2 is 2.00 bits per heavy atom. The first kappa shape index (κ1) is 18.2. The minimum Gasteiger partial charge on any atom is -0.337 e. The number of hydrogen-bond acceptors (Lipinski definition) is 4. The van der Waals surface area contributed by atoms with Gasteiger partial charge >= 0.3 is 0 Å². The van der Waals surface area contributed by atoms with E-state index >= 15 is 0 Å². The molecule has 0 radical (unpaired) electrons. The lowest BCUT2D eigenvalue weighted by molar-refractivity contribution is 0.0761. The van der Waals surface area contributed by atoms with Gasteiger partial charge in [0.1, 0.15) is 0 Å². The number of aryl methyl sites for hydroxylation is 2. The van der Waals surface area contributed by atoms with Crippen LogP contribution in [0.5, 0.6) is 0 Å². The summed E-state index contributed by atoms with van der Waals surface area (Å²) in [6.45, 7) is 9.23. The number of nitrogens with zero attached hydrogens (tertiary/aromatic N) is 5. The van der Waals surface area contributed by atoms with Crippen molar-refractivity contribution < 1.29 is 4.79 Å². The number of rotatable bonds is 4. The predicted molar refractivity (Wildman–Crippen MR) is 99.8 cm³/mol. The molecule has 1 aliphatic heterocycles. The normalized spacial score (nSPS) is 15.5. The molecule has 0 unspecified atom stereocenters. The molecule has 0 atom stereocenters. The first-order valence-electron chi connectivity index (χ1n) is 9.09. The number of aromatic nitrogens is 2. The molecule has 0 N–H and O–H groups in total. The molecule has 3 rings (SSSR count). The average molecular weight is 351 g/mol. The zero-order chi connectivity index (χ0) is 18.5. The number of hydrogen-bond donors (Lipinski definition) is 0. The van der Waals surface area contributed by atoms with E-state index < -0.39 is 0 Å². The molecule has 2 heterocycles. The molecule has 1 aromatic carbocycles. The van der Waals surface area contributed by atoms with E-state index in [-0.39, 0.29) is 5.91 Å². The molecule has 136 valence electrons. The van der Waals surface area contributed by atoms with Crippen LogP contribution in [-0.4, -0.2) is 58.2 Å². The van der Waals surface area contributed by atoms with Crippen LogP contribution in [-0.2, 0) is 6.54 Å². The van der Waals surface area contributed by atoms with Crippen LogP contribution < -0.4 is 0 Å². The minimum atomic E-state index is 0.0162. The van der Waals surface area contributed by atoms with E-state index in [2.05, 4.69) is 33.7 Å². The highest BCUT2D eigenvalue weighted by atomic mass is 16.2. The average Bonchev–Trinajstić information content (AvgIpc) is 2.84. The molecule has 1 aromatic heterocycles. The van der Waals surface area contributed by atoms with Crippen molar-refractivity contribution in [1.82, 2.24) is 19.6 Å². The van der Waals surface area contributed by atoms with Gasteiger partial charge in [-0.2, -0.15) is 10.4 Å². The van der Waals surface area contributed by atoms with Crippen LogP contribution in [0.1, 0.15) is 33.7 Å². The molecular formula is C20H25N5O. The van der Waals surface area contributed by atoms with Crippen molar-refractivity contribution in [3.8, 4) is 6.07 Å². The fourth-order valence-electron chi connectivity index (χ4n) is 3.44. The molecule has 1 fully saturated rings. The smallest absolute Gasteiger partial charge is 0.253 e. The molecule has 1 amide bonds. The summed E-state index contributed by atoms with van der Waals surface area (Å²) in [6, 6.07) is 11.1. The van der Waals surface area contributed by atoms with Crippen molar-refractivity contribution >= 4 is 5.91 Å². The summed E-state index contributed by atoms with van der Waals surface area (Å²) in [5.74, 6) is 0.0162. The van der Waals surface area contributed by atoms with Crippen molar-refractivity contribution in [3.05, 3.63) is 52.8 Å². The lowest BCUT2D eigenvalue weighted by Crippen LogP contribution is -2.36. The van der Waals surface area contributed by atoms with Gasteiger partial charge in [0.05, 0.1) is 23.9 Å². The summed E-state index contributed by atoms with van der Waals surface area (Å²) in [7, 11) is 0. The number of amides is 1. The standard InChI is InChI=1S/C20H25N5O/c1-16-13-17(2)25(22-16)12-10-23-7-4-8-24(11-9-23)20(26)19-6-3-5-18(14-19)15-21/h3,5-6,13-14H,4,7-12H2,1-2H3. The predicted octanol–water partition coefficient (Wildman–Crippen LogP) is 2.22. The molecule has 0 saturated carbocycles. The molecule has 0 bridgehead atoms. The third-order valence-corrected chi connectivity index (χ3v) is 4.85. The Hall–Kier alpha value is -2.65. The summed E-state index contributed by atoms with van der Waals surface area (Å²) in [6.07, 6.45) is 0.959. The summed E-state index contributed by atoms with van der Waals surface area (Å²) in [4.78, 5) is 17.0. The van der Waals surface area contributed by atoms with Gasteiger partial charge in [0, 0.05) is 37.4 Å². The highest BCUT2D eigenvalue weighted by Gasteiger charge is 2.20. The number of carbonyl (C=O) groups is 1. The molecule has 1 saturated heterocycles. The number of nitriles is 1. The van der Waals surface area contributed by atoms with Gasteiger partial charge in [0.15, 0.2) is 0 Å². The fraction of sp³-hybridized carbons (Fsp3) is 0.450. The number of carbonyl (C=O) groups excluding carboxylic acids is 1. The molecule has 0 spiro atoms. The Morgan fingerprint density at radius 3 is 2.73 bits per heavy atom. The molecule has 0 aliphatic carbocycles. The van der Waals surface area contributed by atoms with Gasteiger partial charge in [0.25, 0.3) is 5.91 Å². The summed E-state index contributed by atoms with van der Waals surface area (Å²) >= 11 is 0. The summed E-state index contributed by atoms with van der Waals surface area (Å²) in [5, 5.41) is 13.5. The van der Waals surface area contributed by atoms with Crippen molar-refractivity contribution in [1.29, 1.82) is 5.26 Å². The Kier molecular flexibility index (Phi) is 5.69. The Bertz CT molecular complexity index is 820. The van der Waals surface area contributed by atoms with Gasteiger partial charge in [-0.1, -0.05) is 6.07 Å². The third kappa shape index (κ3) is 4.30. The lowest BCUT2D eigenvalue weighted by Gasteiger charge is -2.22. The largest absolute Gasteiger partial charge is 0.337 e. The van der Waals surface area contributed by atoms with E-state index in [0.29, 0.717) is 17.7 Å². The van der Waals surface area contributed by atoms with Crippen LogP contribution in [0.2, 0.25) is 0 Å². The van der Waals surface area contributed by atoms with Crippen LogP contribution in [0, 0.1) is 25.2 Å².